The smallest absolute Gasteiger partial charge is 0.271 e. The Morgan fingerprint density at radius 2 is 1.80 bits per heavy atom. The first-order valence-electron chi connectivity index (χ1n) is 8.67. The number of benzene rings is 3. The molecule has 0 radical (unpaired) electrons. The van der Waals surface area contributed by atoms with Crippen LogP contribution < -0.4 is 10.2 Å². The molecule has 0 saturated heterocycles. The highest BCUT2D eigenvalue weighted by atomic mass is 79.9. The minimum Gasteiger partial charge on any atom is -0.487 e. The number of hydrazone groups is 1. The molecule has 9 heteroatoms. The zero-order valence-corrected chi connectivity index (χ0v) is 18.6. The van der Waals surface area contributed by atoms with Gasteiger partial charge >= 0.3 is 0 Å². The molecule has 3 rings (SSSR count). The van der Waals surface area contributed by atoms with E-state index >= 15 is 0 Å². The molecule has 3 aromatic rings. The number of amides is 1. The number of carbonyl (C=O) groups excluding carboxylic acids is 1. The van der Waals surface area contributed by atoms with Crippen molar-refractivity contribution >= 4 is 49.7 Å². The summed E-state index contributed by atoms with van der Waals surface area (Å²) in [6.45, 7) is 0.372. The highest BCUT2D eigenvalue weighted by Crippen LogP contribution is 2.32. The third kappa shape index (κ3) is 5.74. The Morgan fingerprint density at radius 3 is 2.47 bits per heavy atom. The van der Waals surface area contributed by atoms with E-state index in [0.29, 0.717) is 17.9 Å². The van der Waals surface area contributed by atoms with Gasteiger partial charge in [0.2, 0.25) is 0 Å². The van der Waals surface area contributed by atoms with Crippen LogP contribution in [0.3, 0.4) is 0 Å². The minimum absolute atomic E-state index is 0.0887. The molecule has 1 N–H and O–H groups in total. The molecule has 0 heterocycles. The van der Waals surface area contributed by atoms with E-state index in [4.69, 9.17) is 4.74 Å². The first kappa shape index (κ1) is 21.7. The molecule has 1 amide bonds. The quantitative estimate of drug-likeness (QED) is 0.248. The van der Waals surface area contributed by atoms with Crippen LogP contribution in [0, 0.1) is 10.1 Å². The van der Waals surface area contributed by atoms with Crippen molar-refractivity contribution in [2.75, 3.05) is 0 Å². The highest BCUT2D eigenvalue weighted by Gasteiger charge is 2.11. The zero-order valence-electron chi connectivity index (χ0n) is 15.4. The van der Waals surface area contributed by atoms with Gasteiger partial charge in [-0.25, -0.2) is 5.43 Å². The summed E-state index contributed by atoms with van der Waals surface area (Å²) in [5, 5.41) is 14.7. The second-order valence-corrected chi connectivity index (χ2v) is 7.85. The number of nitrogens with one attached hydrogen (secondary N) is 1. The molecule has 0 atom stereocenters. The van der Waals surface area contributed by atoms with Gasteiger partial charge in [-0.15, -0.1) is 0 Å². The van der Waals surface area contributed by atoms with Crippen molar-refractivity contribution in [2.45, 2.75) is 6.61 Å². The Morgan fingerprint density at radius 1 is 1.10 bits per heavy atom. The number of non-ortho nitro benzene ring substituents is 1. The van der Waals surface area contributed by atoms with Crippen molar-refractivity contribution < 1.29 is 14.5 Å². The largest absolute Gasteiger partial charge is 0.487 e. The average molecular weight is 533 g/mol. The topological polar surface area (TPSA) is 93.8 Å². The SMILES string of the molecule is O=C(N/N=C/c1cc(Br)cc(Br)c1OCc1ccccc1)c1ccc([N+](=O)[O-])cc1. The third-order valence-corrected chi connectivity index (χ3v) is 5.02. The zero-order chi connectivity index (χ0) is 21.5. The van der Waals surface area contributed by atoms with E-state index in [9.17, 15) is 14.9 Å². The summed E-state index contributed by atoms with van der Waals surface area (Å²) in [6, 6.07) is 18.7. The van der Waals surface area contributed by atoms with E-state index in [1.165, 1.54) is 30.5 Å². The number of nitro benzene ring substituents is 1. The number of rotatable bonds is 7. The Hall–Kier alpha value is -3.04. The molecular weight excluding hydrogens is 518 g/mol. The minimum atomic E-state index is -0.526. The Labute approximate surface area is 189 Å². The maximum Gasteiger partial charge on any atom is 0.271 e. The summed E-state index contributed by atoms with van der Waals surface area (Å²) in [7, 11) is 0. The van der Waals surface area contributed by atoms with Gasteiger partial charge in [0.1, 0.15) is 12.4 Å². The summed E-state index contributed by atoms with van der Waals surface area (Å²) in [6.07, 6.45) is 1.47. The van der Waals surface area contributed by atoms with Crippen LogP contribution in [-0.4, -0.2) is 17.0 Å². The number of carbonyl (C=O) groups is 1. The van der Waals surface area contributed by atoms with Gasteiger partial charge in [-0.05, 0) is 45.8 Å². The van der Waals surface area contributed by atoms with Crippen LogP contribution in [0.25, 0.3) is 0 Å². The molecule has 0 aromatic heterocycles. The maximum atomic E-state index is 12.2. The number of hydrogen-bond acceptors (Lipinski definition) is 5. The van der Waals surface area contributed by atoms with Gasteiger partial charge in [-0.1, -0.05) is 46.3 Å². The lowest BCUT2D eigenvalue weighted by atomic mass is 10.2. The number of ether oxygens (including phenoxy) is 1. The monoisotopic (exact) mass is 531 g/mol. The van der Waals surface area contributed by atoms with E-state index in [2.05, 4.69) is 42.4 Å². The van der Waals surface area contributed by atoms with Gasteiger partial charge in [0.15, 0.2) is 0 Å². The molecule has 30 heavy (non-hydrogen) atoms. The Balaban J connectivity index is 1.72. The standard InChI is InChI=1S/C21H15Br2N3O4/c22-17-10-16(20(19(23)11-17)30-13-14-4-2-1-3-5-14)12-24-25-21(27)15-6-8-18(9-7-15)26(28)29/h1-12H,13H2,(H,25,27)/b24-12+. The molecule has 0 bridgehead atoms. The van der Waals surface area contributed by atoms with Gasteiger partial charge in [0, 0.05) is 27.7 Å². The van der Waals surface area contributed by atoms with Gasteiger partial charge in [-0.2, -0.15) is 5.10 Å². The van der Waals surface area contributed by atoms with Gasteiger partial charge in [-0.3, -0.25) is 14.9 Å². The maximum absolute atomic E-state index is 12.2. The molecule has 152 valence electrons. The molecule has 0 saturated carbocycles. The fourth-order valence-corrected chi connectivity index (χ4v) is 3.89. The van der Waals surface area contributed by atoms with Gasteiger partial charge in [0.25, 0.3) is 11.6 Å². The molecule has 0 aliphatic rings. The van der Waals surface area contributed by atoms with Crippen LogP contribution in [0.2, 0.25) is 0 Å². The summed E-state index contributed by atoms with van der Waals surface area (Å²) in [5.74, 6) is 0.0948. The van der Waals surface area contributed by atoms with Crippen LogP contribution in [0.5, 0.6) is 5.75 Å². The van der Waals surface area contributed by atoms with E-state index in [0.717, 1.165) is 14.5 Å². The molecule has 0 spiro atoms. The summed E-state index contributed by atoms with van der Waals surface area (Å²) >= 11 is 6.92. The second kappa shape index (κ2) is 10.1. The predicted molar refractivity (Wildman–Crippen MR) is 121 cm³/mol. The van der Waals surface area contributed by atoms with Crippen molar-refractivity contribution in [3.05, 3.63) is 102 Å². The first-order valence-corrected chi connectivity index (χ1v) is 10.3. The van der Waals surface area contributed by atoms with Crippen molar-refractivity contribution in [3.8, 4) is 5.75 Å². The second-order valence-electron chi connectivity index (χ2n) is 6.08. The fraction of sp³-hybridized carbons (Fsp3) is 0.0476. The molecule has 7 nitrogen and oxygen atoms in total. The lowest BCUT2D eigenvalue weighted by molar-refractivity contribution is -0.384. The molecule has 0 fully saturated rings. The number of hydrogen-bond donors (Lipinski definition) is 1. The molecule has 0 aliphatic carbocycles. The predicted octanol–water partition coefficient (Wildman–Crippen LogP) is 5.46. The summed E-state index contributed by atoms with van der Waals surface area (Å²) < 4.78 is 7.49. The Kier molecular flexibility index (Phi) is 7.31. The lowest BCUT2D eigenvalue weighted by Crippen LogP contribution is -2.17. The number of nitrogens with zero attached hydrogens (tertiary/aromatic N) is 2. The molecule has 3 aromatic carbocycles. The van der Waals surface area contributed by atoms with E-state index in [1.54, 1.807) is 0 Å². The number of nitro groups is 1. The van der Waals surface area contributed by atoms with E-state index in [1.807, 2.05) is 42.5 Å². The van der Waals surface area contributed by atoms with Gasteiger partial charge < -0.3 is 4.74 Å². The highest BCUT2D eigenvalue weighted by molar-refractivity contribution is 9.11. The Bertz CT molecular complexity index is 1090. The van der Waals surface area contributed by atoms with Crippen molar-refractivity contribution in [3.63, 3.8) is 0 Å². The normalized spacial score (nSPS) is 10.7. The average Bonchev–Trinajstić information content (AvgIpc) is 2.73. The van der Waals surface area contributed by atoms with E-state index < -0.39 is 10.8 Å². The molecular formula is C21H15Br2N3O4. The summed E-state index contributed by atoms with van der Waals surface area (Å²) in [4.78, 5) is 22.4. The molecule has 0 aliphatic heterocycles. The van der Waals surface area contributed by atoms with Crippen molar-refractivity contribution in [2.24, 2.45) is 5.10 Å². The van der Waals surface area contributed by atoms with Crippen LogP contribution in [0.15, 0.2) is 80.8 Å². The third-order valence-electron chi connectivity index (χ3n) is 3.97. The van der Waals surface area contributed by atoms with Crippen LogP contribution in [-0.2, 0) is 6.61 Å². The van der Waals surface area contributed by atoms with Gasteiger partial charge in [0.05, 0.1) is 15.6 Å². The van der Waals surface area contributed by atoms with Crippen LogP contribution in [0.1, 0.15) is 21.5 Å². The fourth-order valence-electron chi connectivity index (χ4n) is 2.52. The van der Waals surface area contributed by atoms with E-state index in [-0.39, 0.29) is 11.3 Å². The first-order chi connectivity index (χ1) is 14.4. The number of halogens is 2. The lowest BCUT2D eigenvalue weighted by Gasteiger charge is -2.12. The summed E-state index contributed by atoms with van der Waals surface area (Å²) in [5.41, 5.74) is 4.24. The van der Waals surface area contributed by atoms with Crippen LogP contribution in [0.4, 0.5) is 5.69 Å². The van der Waals surface area contributed by atoms with Crippen LogP contribution >= 0.6 is 31.9 Å². The molecule has 0 unspecified atom stereocenters. The van der Waals surface area contributed by atoms with Crippen molar-refractivity contribution in [1.82, 2.24) is 5.43 Å². The van der Waals surface area contributed by atoms with Crippen molar-refractivity contribution in [1.29, 1.82) is 0 Å².